The summed E-state index contributed by atoms with van der Waals surface area (Å²) in [6, 6.07) is 14.6. The summed E-state index contributed by atoms with van der Waals surface area (Å²) in [5.74, 6) is -0.0818. The molecule has 1 amide bonds. The van der Waals surface area contributed by atoms with E-state index in [9.17, 15) is 23.1 Å². The number of anilines is 1. The number of phenols is 1. The van der Waals surface area contributed by atoms with Gasteiger partial charge in [-0.3, -0.25) is 4.79 Å². The van der Waals surface area contributed by atoms with Crippen molar-refractivity contribution in [2.75, 3.05) is 12.4 Å². The third-order valence-corrected chi connectivity index (χ3v) is 5.02. The Morgan fingerprint density at radius 2 is 1.73 bits per heavy atom. The first kappa shape index (κ1) is 22.1. The number of carbonyl (C=O) groups excluding carboxylic acids is 1. The van der Waals surface area contributed by atoms with Crippen molar-refractivity contribution in [2.24, 2.45) is 0 Å². The van der Waals surface area contributed by atoms with Crippen molar-refractivity contribution in [3.63, 3.8) is 0 Å². The summed E-state index contributed by atoms with van der Waals surface area (Å²) < 4.78 is 43.2. The molecule has 0 unspecified atom stereocenters. The van der Waals surface area contributed by atoms with Crippen LogP contribution < -0.4 is 10.1 Å². The van der Waals surface area contributed by atoms with Crippen molar-refractivity contribution in [2.45, 2.75) is 12.6 Å². The molecule has 3 aromatic carbocycles. The molecule has 0 fully saturated rings. The number of hydrogen-bond donors (Lipinski definition) is 2. The van der Waals surface area contributed by atoms with E-state index in [0.29, 0.717) is 33.6 Å². The molecule has 0 saturated heterocycles. The van der Waals surface area contributed by atoms with Gasteiger partial charge in [-0.1, -0.05) is 24.3 Å². The predicted octanol–water partition coefficient (Wildman–Crippen LogP) is 5.21. The minimum Gasteiger partial charge on any atom is -0.504 e. The summed E-state index contributed by atoms with van der Waals surface area (Å²) in [4.78, 5) is 20.8. The van der Waals surface area contributed by atoms with Gasteiger partial charge in [0.15, 0.2) is 11.5 Å². The lowest BCUT2D eigenvalue weighted by Crippen LogP contribution is -2.14. The monoisotopic (exact) mass is 453 g/mol. The van der Waals surface area contributed by atoms with E-state index in [-0.39, 0.29) is 18.1 Å². The molecule has 0 aliphatic carbocycles. The molecule has 0 spiro atoms. The van der Waals surface area contributed by atoms with Gasteiger partial charge in [-0.25, -0.2) is 9.97 Å². The first-order valence-corrected chi connectivity index (χ1v) is 9.83. The number of hydrogen-bond acceptors (Lipinski definition) is 5. The van der Waals surface area contributed by atoms with E-state index in [1.807, 2.05) is 0 Å². The number of aromatic nitrogens is 2. The van der Waals surface area contributed by atoms with Crippen molar-refractivity contribution in [3.05, 3.63) is 78.1 Å². The molecule has 1 heterocycles. The molecule has 0 aliphatic heterocycles. The number of aromatic hydroxyl groups is 1. The van der Waals surface area contributed by atoms with Gasteiger partial charge in [-0.05, 0) is 35.9 Å². The van der Waals surface area contributed by atoms with Crippen molar-refractivity contribution >= 4 is 22.5 Å². The SMILES string of the molecule is COc1cc2c(-c3ccc(NC(=O)Cc4ccc(C(F)(F)F)cc4)cc3)ncnc2cc1O. The summed E-state index contributed by atoms with van der Waals surface area (Å²) >= 11 is 0. The smallest absolute Gasteiger partial charge is 0.416 e. The molecule has 33 heavy (non-hydrogen) atoms. The largest absolute Gasteiger partial charge is 0.504 e. The Labute approximate surface area is 186 Å². The minimum absolute atomic E-state index is 0.0271. The van der Waals surface area contributed by atoms with Crippen LogP contribution in [0.1, 0.15) is 11.1 Å². The van der Waals surface area contributed by atoms with Gasteiger partial charge >= 0.3 is 6.18 Å². The van der Waals surface area contributed by atoms with E-state index >= 15 is 0 Å². The van der Waals surface area contributed by atoms with E-state index in [2.05, 4.69) is 15.3 Å². The van der Waals surface area contributed by atoms with E-state index in [1.54, 1.807) is 30.3 Å². The lowest BCUT2D eigenvalue weighted by Gasteiger charge is -2.10. The highest BCUT2D eigenvalue weighted by atomic mass is 19.4. The Kier molecular flexibility index (Phi) is 5.87. The van der Waals surface area contributed by atoms with Crippen LogP contribution in [0.2, 0.25) is 0 Å². The Morgan fingerprint density at radius 1 is 1.03 bits per heavy atom. The molecule has 1 aromatic heterocycles. The first-order valence-electron chi connectivity index (χ1n) is 9.83. The highest BCUT2D eigenvalue weighted by Gasteiger charge is 2.30. The molecular weight excluding hydrogens is 435 g/mol. The number of amides is 1. The van der Waals surface area contributed by atoms with Gasteiger partial charge in [-0.2, -0.15) is 13.2 Å². The number of ether oxygens (including phenoxy) is 1. The highest BCUT2D eigenvalue weighted by molar-refractivity contribution is 5.95. The number of benzene rings is 3. The van der Waals surface area contributed by atoms with Crippen molar-refractivity contribution in [1.82, 2.24) is 9.97 Å². The van der Waals surface area contributed by atoms with E-state index < -0.39 is 11.7 Å². The lowest BCUT2D eigenvalue weighted by atomic mass is 10.1. The Bertz CT molecular complexity index is 1310. The molecule has 0 radical (unpaired) electrons. The topological polar surface area (TPSA) is 84.3 Å². The number of carbonyl (C=O) groups is 1. The van der Waals surface area contributed by atoms with Gasteiger partial charge in [0.05, 0.1) is 30.3 Å². The lowest BCUT2D eigenvalue weighted by molar-refractivity contribution is -0.137. The van der Waals surface area contributed by atoms with Crippen LogP contribution in [-0.2, 0) is 17.4 Å². The quantitative estimate of drug-likeness (QED) is 0.433. The molecule has 4 aromatic rings. The number of nitrogens with one attached hydrogen (secondary N) is 1. The predicted molar refractivity (Wildman–Crippen MR) is 117 cm³/mol. The van der Waals surface area contributed by atoms with Crippen molar-refractivity contribution in [1.29, 1.82) is 0 Å². The molecular formula is C24H18F3N3O3. The molecule has 6 nitrogen and oxygen atoms in total. The average molecular weight is 453 g/mol. The zero-order valence-electron chi connectivity index (χ0n) is 17.3. The van der Waals surface area contributed by atoms with Gasteiger partial charge < -0.3 is 15.2 Å². The molecule has 0 aliphatic rings. The Balaban J connectivity index is 1.49. The maximum absolute atomic E-state index is 12.7. The number of halogens is 3. The minimum atomic E-state index is -4.41. The highest BCUT2D eigenvalue weighted by Crippen LogP contribution is 2.34. The maximum atomic E-state index is 12.7. The number of phenolic OH excluding ortho intramolecular Hbond substituents is 1. The fourth-order valence-electron chi connectivity index (χ4n) is 3.38. The Hall–Kier alpha value is -4.14. The van der Waals surface area contributed by atoms with Gasteiger partial charge in [0, 0.05) is 22.7 Å². The van der Waals surface area contributed by atoms with Crippen LogP contribution in [0.15, 0.2) is 67.0 Å². The van der Waals surface area contributed by atoms with Gasteiger partial charge in [0.25, 0.3) is 0 Å². The Morgan fingerprint density at radius 3 is 2.36 bits per heavy atom. The molecule has 0 saturated carbocycles. The van der Waals surface area contributed by atoms with Crippen LogP contribution in [0.5, 0.6) is 11.5 Å². The number of alkyl halides is 3. The van der Waals surface area contributed by atoms with Crippen molar-refractivity contribution in [3.8, 4) is 22.8 Å². The molecule has 168 valence electrons. The van der Waals surface area contributed by atoms with Gasteiger partial charge in [-0.15, -0.1) is 0 Å². The molecule has 9 heteroatoms. The van der Waals surface area contributed by atoms with Gasteiger partial charge in [0.2, 0.25) is 5.91 Å². The maximum Gasteiger partial charge on any atom is 0.416 e. The molecule has 0 bridgehead atoms. The van der Waals surface area contributed by atoms with E-state index in [4.69, 9.17) is 4.74 Å². The second kappa shape index (κ2) is 8.78. The number of methoxy groups -OCH3 is 1. The van der Waals surface area contributed by atoms with Crippen LogP contribution in [0.25, 0.3) is 22.2 Å². The molecule has 4 rings (SSSR count). The molecule has 2 N–H and O–H groups in total. The summed E-state index contributed by atoms with van der Waals surface area (Å²) in [5.41, 5.74) is 2.18. The third-order valence-electron chi connectivity index (χ3n) is 5.02. The number of nitrogens with zero attached hydrogens (tertiary/aromatic N) is 2. The normalized spacial score (nSPS) is 11.4. The average Bonchev–Trinajstić information content (AvgIpc) is 2.78. The van der Waals surface area contributed by atoms with E-state index in [1.165, 1.54) is 31.6 Å². The molecule has 0 atom stereocenters. The first-order chi connectivity index (χ1) is 15.7. The second-order valence-corrected chi connectivity index (χ2v) is 7.26. The summed E-state index contributed by atoms with van der Waals surface area (Å²) in [6.07, 6.45) is -3.08. The fourth-order valence-corrected chi connectivity index (χ4v) is 3.38. The van der Waals surface area contributed by atoms with Crippen LogP contribution in [0.4, 0.5) is 18.9 Å². The summed E-state index contributed by atoms with van der Waals surface area (Å²) in [6.45, 7) is 0. The second-order valence-electron chi connectivity index (χ2n) is 7.26. The third kappa shape index (κ3) is 4.87. The van der Waals surface area contributed by atoms with Crippen molar-refractivity contribution < 1.29 is 27.8 Å². The summed E-state index contributed by atoms with van der Waals surface area (Å²) in [5, 5.41) is 13.4. The van der Waals surface area contributed by atoms with Gasteiger partial charge in [0.1, 0.15) is 6.33 Å². The van der Waals surface area contributed by atoms with Crippen LogP contribution in [0.3, 0.4) is 0 Å². The summed E-state index contributed by atoms with van der Waals surface area (Å²) in [7, 11) is 1.45. The van der Waals surface area contributed by atoms with Crippen LogP contribution in [0, 0.1) is 0 Å². The standard InChI is InChI=1S/C24H18F3N3O3/c1-33-21-11-18-19(12-20(21)31)28-13-29-23(18)15-4-8-17(9-5-15)30-22(32)10-14-2-6-16(7-3-14)24(25,26)27/h2-9,11-13,31H,10H2,1H3,(H,30,32). The van der Waals surface area contributed by atoms with E-state index in [0.717, 1.165) is 17.7 Å². The zero-order valence-corrected chi connectivity index (χ0v) is 17.3. The number of rotatable bonds is 5. The fraction of sp³-hybridized carbons (Fsp3) is 0.125. The van der Waals surface area contributed by atoms with Crippen LogP contribution >= 0.6 is 0 Å². The van der Waals surface area contributed by atoms with Crippen LogP contribution in [-0.4, -0.2) is 28.1 Å². The number of fused-ring (bicyclic) bond motifs is 1. The zero-order chi connectivity index (χ0) is 23.6.